The van der Waals surface area contributed by atoms with Gasteiger partial charge in [-0.05, 0) is 50.1 Å². The van der Waals surface area contributed by atoms with Gasteiger partial charge >= 0.3 is 0 Å². The van der Waals surface area contributed by atoms with E-state index in [1.165, 1.54) is 30.2 Å². The van der Waals surface area contributed by atoms with Gasteiger partial charge in [-0.2, -0.15) is 0 Å². The Kier molecular flexibility index (Phi) is 11.4. The minimum Gasteiger partial charge on any atom is -0.495 e. The summed E-state index contributed by atoms with van der Waals surface area (Å²) in [5.41, 5.74) is 0.627. The number of methoxy groups -OCH3 is 1. The van der Waals surface area contributed by atoms with Crippen LogP contribution in [-0.2, 0) is 26.2 Å². The van der Waals surface area contributed by atoms with Gasteiger partial charge in [-0.15, -0.1) is 0 Å². The molecular weight excluding hydrogens is 561 g/mol. The number of nitrogens with one attached hydrogen (secondary N) is 1. The summed E-state index contributed by atoms with van der Waals surface area (Å²) in [6.45, 7) is 4.90. The summed E-state index contributed by atoms with van der Waals surface area (Å²) < 4.78 is 31.6. The van der Waals surface area contributed by atoms with Crippen LogP contribution in [0.4, 0.5) is 5.69 Å². The van der Waals surface area contributed by atoms with E-state index in [2.05, 4.69) is 5.32 Å². The molecule has 0 unspecified atom stereocenters. The Balaban J connectivity index is 2.53. The first-order chi connectivity index (χ1) is 17.3. The number of hydrogen-bond acceptors (Lipinski definition) is 5. The van der Waals surface area contributed by atoms with Crippen molar-refractivity contribution in [2.24, 2.45) is 0 Å². The molecule has 12 heteroatoms. The van der Waals surface area contributed by atoms with Crippen molar-refractivity contribution in [2.75, 3.05) is 24.2 Å². The van der Waals surface area contributed by atoms with Crippen molar-refractivity contribution in [3.05, 3.63) is 57.0 Å². The van der Waals surface area contributed by atoms with Crippen LogP contribution in [-0.4, -0.2) is 57.1 Å². The number of hydrogen-bond donors (Lipinski definition) is 1. The third-order valence-corrected chi connectivity index (χ3v) is 8.02. The zero-order chi connectivity index (χ0) is 27.9. The predicted octanol–water partition coefficient (Wildman–Crippen LogP) is 5.14. The number of nitrogens with zero attached hydrogens (tertiary/aromatic N) is 2. The van der Waals surface area contributed by atoms with Crippen LogP contribution in [0.1, 0.15) is 39.2 Å². The molecule has 0 fully saturated rings. The van der Waals surface area contributed by atoms with Gasteiger partial charge in [-0.25, -0.2) is 8.42 Å². The van der Waals surface area contributed by atoms with Crippen molar-refractivity contribution in [2.45, 2.75) is 52.2 Å². The number of benzene rings is 2. The fourth-order valence-electron chi connectivity index (χ4n) is 3.64. The van der Waals surface area contributed by atoms with Gasteiger partial charge in [0.15, 0.2) is 0 Å². The molecule has 0 saturated carbocycles. The summed E-state index contributed by atoms with van der Waals surface area (Å²) in [5.74, 6) is -0.612. The fraction of sp³-hybridized carbons (Fsp3) is 0.440. The number of sulfonamides is 1. The highest BCUT2D eigenvalue weighted by molar-refractivity contribution is 7.92. The second kappa shape index (κ2) is 13.6. The molecule has 0 aromatic heterocycles. The van der Waals surface area contributed by atoms with Crippen LogP contribution in [0, 0.1) is 0 Å². The van der Waals surface area contributed by atoms with Crippen LogP contribution in [0.2, 0.25) is 15.1 Å². The van der Waals surface area contributed by atoms with E-state index in [4.69, 9.17) is 39.5 Å². The molecule has 0 bridgehead atoms. The van der Waals surface area contributed by atoms with Crippen molar-refractivity contribution in [3.63, 3.8) is 0 Å². The van der Waals surface area contributed by atoms with E-state index < -0.39 is 28.5 Å². The lowest BCUT2D eigenvalue weighted by Gasteiger charge is -2.33. The van der Waals surface area contributed by atoms with Gasteiger partial charge in [0.05, 0.1) is 24.1 Å². The van der Waals surface area contributed by atoms with Crippen LogP contribution in [0.3, 0.4) is 0 Å². The average Bonchev–Trinajstić information content (AvgIpc) is 2.83. The van der Waals surface area contributed by atoms with E-state index >= 15 is 0 Å². The first-order valence-corrected chi connectivity index (χ1v) is 14.7. The molecule has 0 aliphatic rings. The largest absolute Gasteiger partial charge is 0.495 e. The molecule has 0 saturated heterocycles. The zero-order valence-electron chi connectivity index (χ0n) is 21.4. The SMILES string of the molecule is CC[C@@H](C)NC(=O)[C@H](CC)N(Cc1c(Cl)cccc1Cl)C(=O)CN(c1ccc(OC)c(Cl)c1)S(C)(=O)=O. The number of carbonyl (C=O) groups is 2. The molecule has 2 aromatic carbocycles. The van der Waals surface area contributed by atoms with Gasteiger partial charge in [0.25, 0.3) is 0 Å². The molecule has 0 heterocycles. The van der Waals surface area contributed by atoms with Crippen LogP contribution in [0.15, 0.2) is 36.4 Å². The van der Waals surface area contributed by atoms with Crippen LogP contribution in [0.25, 0.3) is 0 Å². The number of rotatable bonds is 12. The molecular formula is C25H32Cl3N3O5S. The van der Waals surface area contributed by atoms with Gasteiger partial charge in [0, 0.05) is 28.2 Å². The maximum Gasteiger partial charge on any atom is 0.244 e. The highest BCUT2D eigenvalue weighted by Gasteiger charge is 2.33. The maximum absolute atomic E-state index is 13.8. The Morgan fingerprint density at radius 1 is 1.03 bits per heavy atom. The highest BCUT2D eigenvalue weighted by Crippen LogP contribution is 2.31. The Bertz CT molecular complexity index is 1210. The summed E-state index contributed by atoms with van der Waals surface area (Å²) in [6, 6.07) is 8.33. The third-order valence-electron chi connectivity index (χ3n) is 5.88. The molecule has 2 aromatic rings. The van der Waals surface area contributed by atoms with Gasteiger partial charge in [-0.3, -0.25) is 13.9 Å². The van der Waals surface area contributed by atoms with Gasteiger partial charge in [-0.1, -0.05) is 54.7 Å². The van der Waals surface area contributed by atoms with Gasteiger partial charge in [0.2, 0.25) is 21.8 Å². The lowest BCUT2D eigenvalue weighted by atomic mass is 10.1. The van der Waals surface area contributed by atoms with Crippen LogP contribution < -0.4 is 14.4 Å². The summed E-state index contributed by atoms with van der Waals surface area (Å²) in [4.78, 5) is 28.3. The van der Waals surface area contributed by atoms with E-state index in [0.29, 0.717) is 27.8 Å². The smallest absolute Gasteiger partial charge is 0.244 e. The average molecular weight is 593 g/mol. The van der Waals surface area contributed by atoms with Gasteiger partial charge < -0.3 is 15.0 Å². The Hall–Kier alpha value is -2.20. The van der Waals surface area contributed by atoms with Crippen molar-refractivity contribution in [1.82, 2.24) is 10.2 Å². The number of carbonyl (C=O) groups excluding carboxylic acids is 2. The second-order valence-electron chi connectivity index (χ2n) is 8.55. The van der Waals surface area contributed by atoms with Crippen molar-refractivity contribution >= 4 is 62.3 Å². The normalized spacial score (nSPS) is 13.0. The minimum absolute atomic E-state index is 0.0925. The van der Waals surface area contributed by atoms with E-state index in [9.17, 15) is 18.0 Å². The molecule has 0 spiro atoms. The lowest BCUT2D eigenvalue weighted by Crippen LogP contribution is -2.53. The quantitative estimate of drug-likeness (QED) is 0.368. The lowest BCUT2D eigenvalue weighted by molar-refractivity contribution is -0.140. The highest BCUT2D eigenvalue weighted by atomic mass is 35.5. The van der Waals surface area contributed by atoms with E-state index in [1.54, 1.807) is 25.1 Å². The fourth-order valence-corrected chi connectivity index (χ4v) is 5.25. The van der Waals surface area contributed by atoms with E-state index in [-0.39, 0.29) is 35.6 Å². The second-order valence-corrected chi connectivity index (χ2v) is 11.7. The standard InChI is InChI=1S/C25H32Cl3N3O5S/c1-6-16(3)29-25(33)22(7-2)30(14-18-19(26)9-8-10-20(18)27)24(32)15-31(37(5,34)35)17-11-12-23(36-4)21(28)13-17/h8-13,16,22H,6-7,14-15H2,1-5H3,(H,29,33)/t16-,22+/m1/s1. The number of anilines is 1. The Morgan fingerprint density at radius 2 is 1.65 bits per heavy atom. The molecule has 2 rings (SSSR count). The third kappa shape index (κ3) is 8.14. The summed E-state index contributed by atoms with van der Waals surface area (Å²) >= 11 is 19.0. The molecule has 0 radical (unpaired) electrons. The van der Waals surface area contributed by atoms with Crippen LogP contribution >= 0.6 is 34.8 Å². The topological polar surface area (TPSA) is 96.0 Å². The molecule has 8 nitrogen and oxygen atoms in total. The molecule has 37 heavy (non-hydrogen) atoms. The Labute approximate surface area is 233 Å². The van der Waals surface area contributed by atoms with Crippen LogP contribution in [0.5, 0.6) is 5.75 Å². The van der Waals surface area contributed by atoms with E-state index in [0.717, 1.165) is 10.6 Å². The number of halogens is 3. The molecule has 1 N–H and O–H groups in total. The monoisotopic (exact) mass is 591 g/mol. The first kappa shape index (κ1) is 31.0. The Morgan fingerprint density at radius 3 is 2.14 bits per heavy atom. The number of ether oxygens (including phenoxy) is 1. The summed E-state index contributed by atoms with van der Waals surface area (Å²) in [6.07, 6.45) is 1.97. The zero-order valence-corrected chi connectivity index (χ0v) is 24.5. The summed E-state index contributed by atoms with van der Waals surface area (Å²) in [7, 11) is -2.48. The molecule has 2 atom stereocenters. The van der Waals surface area contributed by atoms with Crippen molar-refractivity contribution in [3.8, 4) is 5.75 Å². The summed E-state index contributed by atoms with van der Waals surface area (Å²) in [5, 5.41) is 3.73. The molecule has 2 amide bonds. The minimum atomic E-state index is -3.91. The van der Waals surface area contributed by atoms with Crippen molar-refractivity contribution in [1.29, 1.82) is 0 Å². The number of amides is 2. The van der Waals surface area contributed by atoms with Gasteiger partial charge in [0.1, 0.15) is 18.3 Å². The molecule has 204 valence electrons. The predicted molar refractivity (Wildman–Crippen MR) is 149 cm³/mol. The van der Waals surface area contributed by atoms with E-state index in [1.807, 2.05) is 13.8 Å². The van der Waals surface area contributed by atoms with Crippen molar-refractivity contribution < 1.29 is 22.7 Å². The molecule has 0 aliphatic heterocycles. The maximum atomic E-state index is 13.8. The first-order valence-electron chi connectivity index (χ1n) is 11.7. The molecule has 0 aliphatic carbocycles.